The molecular weight excluding hydrogens is 234 g/mol. The number of carboxylic acid groups (broad SMARTS) is 1. The smallest absolute Gasteiger partial charge is 0.325 e. The van der Waals surface area contributed by atoms with Gasteiger partial charge in [-0.05, 0) is 24.6 Å². The Kier molecular flexibility index (Phi) is 5.03. The molecule has 0 aromatic heterocycles. The summed E-state index contributed by atoms with van der Waals surface area (Å²) in [6.45, 7) is 2.30. The lowest BCUT2D eigenvalue weighted by Gasteiger charge is -2.15. The Morgan fingerprint density at radius 3 is 2.89 bits per heavy atom. The number of ether oxygens (including phenoxy) is 1. The van der Waals surface area contributed by atoms with E-state index in [1.807, 2.05) is 0 Å². The van der Waals surface area contributed by atoms with Gasteiger partial charge in [-0.3, -0.25) is 10.1 Å². The van der Waals surface area contributed by atoms with Crippen molar-refractivity contribution in [2.75, 3.05) is 13.2 Å². The number of hydrogen-bond donors (Lipinski definition) is 3. The van der Waals surface area contributed by atoms with E-state index in [1.54, 1.807) is 6.92 Å². The summed E-state index contributed by atoms with van der Waals surface area (Å²) < 4.78 is 5.20. The molecule has 0 fully saturated rings. The van der Waals surface area contributed by atoms with Crippen LogP contribution in [0.5, 0.6) is 11.5 Å². The lowest BCUT2D eigenvalue weighted by atomic mass is 10.1. The SMILES string of the molecule is C#CCNC(C(=O)O)c1ccc(O)c(OCC)c1. The number of carboxylic acids is 1. The number of terminal acetylenes is 1. The predicted octanol–water partition coefficient (Wildman–Crippen LogP) is 1.14. The predicted molar refractivity (Wildman–Crippen MR) is 66.5 cm³/mol. The Labute approximate surface area is 105 Å². The van der Waals surface area contributed by atoms with Gasteiger partial charge in [-0.15, -0.1) is 6.42 Å². The zero-order valence-corrected chi connectivity index (χ0v) is 10.0. The fourth-order valence-corrected chi connectivity index (χ4v) is 1.49. The molecule has 0 radical (unpaired) electrons. The third kappa shape index (κ3) is 3.40. The first-order chi connectivity index (χ1) is 8.60. The highest BCUT2D eigenvalue weighted by molar-refractivity contribution is 5.76. The standard InChI is InChI=1S/C13H15NO4/c1-3-7-14-12(13(16)17)9-5-6-10(15)11(8-9)18-4-2/h1,5-6,8,12,14-15H,4,7H2,2H3,(H,16,17). The van der Waals surface area contributed by atoms with Gasteiger partial charge < -0.3 is 14.9 Å². The topological polar surface area (TPSA) is 78.8 Å². The molecule has 0 aliphatic carbocycles. The van der Waals surface area contributed by atoms with E-state index in [9.17, 15) is 9.90 Å². The number of nitrogens with one attached hydrogen (secondary N) is 1. The maximum absolute atomic E-state index is 11.1. The van der Waals surface area contributed by atoms with Crippen LogP contribution >= 0.6 is 0 Å². The van der Waals surface area contributed by atoms with Crippen LogP contribution in [0.15, 0.2) is 18.2 Å². The largest absolute Gasteiger partial charge is 0.504 e. The molecule has 0 saturated heterocycles. The molecule has 18 heavy (non-hydrogen) atoms. The average molecular weight is 249 g/mol. The van der Waals surface area contributed by atoms with Gasteiger partial charge in [0.1, 0.15) is 6.04 Å². The molecule has 0 spiro atoms. The zero-order valence-electron chi connectivity index (χ0n) is 10.0. The van der Waals surface area contributed by atoms with Gasteiger partial charge in [-0.25, -0.2) is 0 Å². The first-order valence-corrected chi connectivity index (χ1v) is 5.45. The van der Waals surface area contributed by atoms with Crippen LogP contribution in [0.1, 0.15) is 18.5 Å². The van der Waals surface area contributed by atoms with E-state index in [4.69, 9.17) is 16.3 Å². The molecule has 5 nitrogen and oxygen atoms in total. The molecule has 0 heterocycles. The highest BCUT2D eigenvalue weighted by Crippen LogP contribution is 2.29. The molecule has 96 valence electrons. The molecule has 0 amide bonds. The maximum atomic E-state index is 11.1. The first-order valence-electron chi connectivity index (χ1n) is 5.45. The van der Waals surface area contributed by atoms with Crippen molar-refractivity contribution in [3.8, 4) is 23.8 Å². The van der Waals surface area contributed by atoms with Gasteiger partial charge in [-0.1, -0.05) is 12.0 Å². The quantitative estimate of drug-likeness (QED) is 0.659. The molecule has 0 bridgehead atoms. The lowest BCUT2D eigenvalue weighted by Crippen LogP contribution is -2.28. The second-order valence-electron chi connectivity index (χ2n) is 3.52. The minimum Gasteiger partial charge on any atom is -0.504 e. The Bertz CT molecular complexity index is 465. The Morgan fingerprint density at radius 2 is 2.33 bits per heavy atom. The monoisotopic (exact) mass is 249 g/mol. The second kappa shape index (κ2) is 6.52. The fourth-order valence-electron chi connectivity index (χ4n) is 1.49. The summed E-state index contributed by atoms with van der Waals surface area (Å²) >= 11 is 0. The van der Waals surface area contributed by atoms with Gasteiger partial charge in [0.2, 0.25) is 0 Å². The number of benzene rings is 1. The van der Waals surface area contributed by atoms with Crippen LogP contribution in [0.4, 0.5) is 0 Å². The molecule has 1 unspecified atom stereocenters. The number of phenols is 1. The molecule has 1 rings (SSSR count). The van der Waals surface area contributed by atoms with Crippen LogP contribution < -0.4 is 10.1 Å². The van der Waals surface area contributed by atoms with Gasteiger partial charge in [0.05, 0.1) is 13.2 Å². The molecule has 0 aliphatic rings. The normalized spacial score (nSPS) is 11.6. The lowest BCUT2D eigenvalue weighted by molar-refractivity contribution is -0.139. The average Bonchev–Trinajstić information content (AvgIpc) is 2.33. The molecule has 3 N–H and O–H groups in total. The van der Waals surface area contributed by atoms with Crippen molar-refractivity contribution in [3.05, 3.63) is 23.8 Å². The number of hydrogen-bond acceptors (Lipinski definition) is 4. The van der Waals surface area contributed by atoms with Crippen LogP contribution in [0, 0.1) is 12.3 Å². The maximum Gasteiger partial charge on any atom is 0.325 e. The molecule has 0 aliphatic heterocycles. The fraction of sp³-hybridized carbons (Fsp3) is 0.308. The number of aliphatic carboxylic acids is 1. The third-order valence-corrected chi connectivity index (χ3v) is 2.27. The van der Waals surface area contributed by atoms with Crippen molar-refractivity contribution in [1.29, 1.82) is 0 Å². The number of aromatic hydroxyl groups is 1. The summed E-state index contributed by atoms with van der Waals surface area (Å²) in [6.07, 6.45) is 5.09. The number of phenolic OH excluding ortho intramolecular Hbond substituents is 1. The van der Waals surface area contributed by atoms with Crippen molar-refractivity contribution in [2.24, 2.45) is 0 Å². The third-order valence-electron chi connectivity index (χ3n) is 2.27. The number of carbonyl (C=O) groups is 1. The van der Waals surface area contributed by atoms with Crippen molar-refractivity contribution < 1.29 is 19.7 Å². The molecule has 1 aromatic carbocycles. The molecule has 1 atom stereocenters. The minimum absolute atomic E-state index is 0.0262. The van der Waals surface area contributed by atoms with Crippen LogP contribution in [-0.4, -0.2) is 29.3 Å². The van der Waals surface area contributed by atoms with E-state index in [-0.39, 0.29) is 18.0 Å². The van der Waals surface area contributed by atoms with E-state index in [2.05, 4.69) is 11.2 Å². The Hall–Kier alpha value is -2.19. The van der Waals surface area contributed by atoms with Crippen LogP contribution in [-0.2, 0) is 4.79 Å². The van der Waals surface area contributed by atoms with E-state index in [0.29, 0.717) is 12.2 Å². The van der Waals surface area contributed by atoms with Crippen molar-refractivity contribution in [2.45, 2.75) is 13.0 Å². The van der Waals surface area contributed by atoms with E-state index in [0.717, 1.165) is 0 Å². The van der Waals surface area contributed by atoms with Crippen LogP contribution in [0.2, 0.25) is 0 Å². The van der Waals surface area contributed by atoms with Gasteiger partial charge in [0.15, 0.2) is 11.5 Å². The van der Waals surface area contributed by atoms with Gasteiger partial charge in [0.25, 0.3) is 0 Å². The summed E-state index contributed by atoms with van der Waals surface area (Å²) in [6, 6.07) is 3.47. The highest BCUT2D eigenvalue weighted by Gasteiger charge is 2.20. The molecule has 5 heteroatoms. The number of rotatable bonds is 6. The van der Waals surface area contributed by atoms with Gasteiger partial charge in [0, 0.05) is 0 Å². The summed E-state index contributed by atoms with van der Waals surface area (Å²) in [4.78, 5) is 11.1. The van der Waals surface area contributed by atoms with E-state index < -0.39 is 12.0 Å². The summed E-state index contributed by atoms with van der Waals surface area (Å²) in [7, 11) is 0. The zero-order chi connectivity index (χ0) is 13.5. The summed E-state index contributed by atoms with van der Waals surface area (Å²) in [5.74, 6) is 1.50. The first kappa shape index (κ1) is 13.9. The summed E-state index contributed by atoms with van der Waals surface area (Å²) in [5.41, 5.74) is 0.471. The minimum atomic E-state index is -1.04. The molecule has 1 aromatic rings. The Morgan fingerprint density at radius 1 is 1.61 bits per heavy atom. The van der Waals surface area contributed by atoms with Crippen LogP contribution in [0.3, 0.4) is 0 Å². The Balaban J connectivity index is 3.01. The second-order valence-corrected chi connectivity index (χ2v) is 3.52. The van der Waals surface area contributed by atoms with Crippen molar-refractivity contribution in [3.63, 3.8) is 0 Å². The molecule has 0 saturated carbocycles. The van der Waals surface area contributed by atoms with Gasteiger partial charge >= 0.3 is 5.97 Å². The van der Waals surface area contributed by atoms with Crippen molar-refractivity contribution in [1.82, 2.24) is 5.32 Å². The summed E-state index contributed by atoms with van der Waals surface area (Å²) in [5, 5.41) is 21.3. The highest BCUT2D eigenvalue weighted by atomic mass is 16.5. The van der Waals surface area contributed by atoms with Crippen molar-refractivity contribution >= 4 is 5.97 Å². The van der Waals surface area contributed by atoms with E-state index in [1.165, 1.54) is 18.2 Å². The van der Waals surface area contributed by atoms with Crippen LogP contribution in [0.25, 0.3) is 0 Å². The van der Waals surface area contributed by atoms with Gasteiger partial charge in [-0.2, -0.15) is 0 Å². The van der Waals surface area contributed by atoms with E-state index >= 15 is 0 Å². The molecular formula is C13H15NO4.